The third-order valence-corrected chi connectivity index (χ3v) is 6.90. The molecule has 3 rings (SSSR count). The molecule has 2 N–H and O–H groups in total. The van der Waals surface area contributed by atoms with Crippen LogP contribution in [0.3, 0.4) is 0 Å². The van der Waals surface area contributed by atoms with Gasteiger partial charge in [0.2, 0.25) is 5.91 Å². The van der Waals surface area contributed by atoms with Gasteiger partial charge in [0.15, 0.2) is 9.84 Å². The normalized spacial score (nSPS) is 26.2. The van der Waals surface area contributed by atoms with Crippen LogP contribution in [0.1, 0.15) is 30.7 Å². The maximum absolute atomic E-state index is 13.6. The molecule has 2 aliphatic rings. The predicted octanol–water partition coefficient (Wildman–Crippen LogP) is 2.66. The Labute approximate surface area is 167 Å². The van der Waals surface area contributed by atoms with Gasteiger partial charge in [-0.25, -0.2) is 17.2 Å². The van der Waals surface area contributed by atoms with Crippen LogP contribution in [0.15, 0.2) is 40.4 Å². The van der Waals surface area contributed by atoms with E-state index in [0.29, 0.717) is 17.0 Å². The maximum Gasteiger partial charge on any atom is 0.232 e. The van der Waals surface area contributed by atoms with E-state index in [4.69, 9.17) is 0 Å². The Kier molecular flexibility index (Phi) is 6.31. The van der Waals surface area contributed by atoms with E-state index in [0.717, 1.165) is 6.26 Å². The molecule has 0 bridgehead atoms. The van der Waals surface area contributed by atoms with E-state index in [-0.39, 0.29) is 29.6 Å². The number of rotatable bonds is 6. The van der Waals surface area contributed by atoms with Crippen molar-refractivity contribution in [2.45, 2.75) is 42.4 Å². The molecule has 0 radical (unpaired) electrons. The summed E-state index contributed by atoms with van der Waals surface area (Å²) in [4.78, 5) is 16.0. The second-order valence-corrected chi connectivity index (χ2v) is 10.1. The van der Waals surface area contributed by atoms with Crippen molar-refractivity contribution in [3.8, 4) is 0 Å². The molecule has 0 aromatic heterocycles. The summed E-state index contributed by atoms with van der Waals surface area (Å²) in [6, 6.07) is 6.09. The first-order valence-corrected chi connectivity index (χ1v) is 11.6. The SMILES string of the molecule is CN1C=C(NC(=O)[C@H](C[C@H]2C[C@@H](F)[C@@H](F)C2)c2ccc(S(C)(=O)=O)cc2)SN1. The molecular weight excluding hydrogens is 408 g/mol. The van der Waals surface area contributed by atoms with Crippen LogP contribution in [-0.2, 0) is 14.6 Å². The molecule has 1 aromatic carbocycles. The predicted molar refractivity (Wildman–Crippen MR) is 104 cm³/mol. The highest BCUT2D eigenvalue weighted by atomic mass is 32.2. The van der Waals surface area contributed by atoms with E-state index in [9.17, 15) is 22.0 Å². The molecular formula is C18H23F2N3O3S2. The zero-order valence-electron chi connectivity index (χ0n) is 15.6. The van der Waals surface area contributed by atoms with Crippen LogP contribution in [0, 0.1) is 5.92 Å². The van der Waals surface area contributed by atoms with Crippen LogP contribution in [-0.4, -0.2) is 45.0 Å². The van der Waals surface area contributed by atoms with E-state index >= 15 is 0 Å². The van der Waals surface area contributed by atoms with Crippen LogP contribution in [0.25, 0.3) is 0 Å². The largest absolute Gasteiger partial charge is 0.318 e. The van der Waals surface area contributed by atoms with Crippen LogP contribution in [0.2, 0.25) is 0 Å². The van der Waals surface area contributed by atoms with Gasteiger partial charge in [-0.2, -0.15) is 4.83 Å². The van der Waals surface area contributed by atoms with Crippen molar-refractivity contribution in [3.63, 3.8) is 0 Å². The van der Waals surface area contributed by atoms with E-state index in [1.165, 1.54) is 24.1 Å². The molecule has 1 amide bonds. The summed E-state index contributed by atoms with van der Waals surface area (Å²) in [7, 11) is -1.57. The number of halogens is 2. The van der Waals surface area contributed by atoms with Crippen LogP contribution >= 0.6 is 11.9 Å². The number of amides is 1. The monoisotopic (exact) mass is 431 g/mol. The van der Waals surface area contributed by atoms with Gasteiger partial charge in [0.25, 0.3) is 0 Å². The zero-order chi connectivity index (χ0) is 20.5. The molecule has 1 saturated carbocycles. The van der Waals surface area contributed by atoms with Gasteiger partial charge >= 0.3 is 0 Å². The molecule has 154 valence electrons. The molecule has 0 unspecified atom stereocenters. The van der Waals surface area contributed by atoms with Crippen LogP contribution in [0.5, 0.6) is 0 Å². The second kappa shape index (κ2) is 8.38. The standard InChI is InChI=1S/C18H23F2N3O3S2/c1-23-10-17(27-22-23)21-18(24)14(7-11-8-15(19)16(20)9-11)12-3-5-13(6-4-12)28(2,25)26/h3-6,10-11,14-16,22H,7-9H2,1-2H3,(H,21,24)/t11-,14-,15+,16-/m1/s1. The number of hydrogen-bond acceptors (Lipinski definition) is 6. The van der Waals surface area contributed by atoms with Crippen molar-refractivity contribution in [2.24, 2.45) is 5.92 Å². The summed E-state index contributed by atoms with van der Waals surface area (Å²) < 4.78 is 50.6. The summed E-state index contributed by atoms with van der Waals surface area (Å²) in [5.74, 6) is -1.18. The molecule has 0 spiro atoms. The number of hydrogen-bond donors (Lipinski definition) is 2. The van der Waals surface area contributed by atoms with Gasteiger partial charge in [-0.1, -0.05) is 12.1 Å². The van der Waals surface area contributed by atoms with Crippen molar-refractivity contribution in [1.29, 1.82) is 0 Å². The maximum atomic E-state index is 13.6. The Morgan fingerprint density at radius 2 is 1.89 bits per heavy atom. The smallest absolute Gasteiger partial charge is 0.232 e. The number of nitrogens with zero attached hydrogens (tertiary/aromatic N) is 1. The Bertz CT molecular complexity index is 851. The lowest BCUT2D eigenvalue weighted by atomic mass is 9.87. The summed E-state index contributed by atoms with van der Waals surface area (Å²) >= 11 is 1.25. The van der Waals surface area contributed by atoms with Crippen LogP contribution < -0.4 is 10.1 Å². The number of nitrogens with one attached hydrogen (secondary N) is 2. The number of carbonyl (C=O) groups excluding carboxylic acids is 1. The van der Waals surface area contributed by atoms with Crippen molar-refractivity contribution >= 4 is 27.7 Å². The Hall–Kier alpha value is -1.65. The quantitative estimate of drug-likeness (QED) is 0.675. The van der Waals surface area contributed by atoms with E-state index in [1.54, 1.807) is 30.4 Å². The summed E-state index contributed by atoms with van der Waals surface area (Å²) in [6.07, 6.45) is 0.325. The van der Waals surface area contributed by atoms with Crippen LogP contribution in [0.4, 0.5) is 8.78 Å². The van der Waals surface area contributed by atoms with Gasteiger partial charge in [-0.3, -0.25) is 4.79 Å². The molecule has 1 aliphatic carbocycles. The molecule has 4 atom stereocenters. The first-order valence-electron chi connectivity index (χ1n) is 8.89. The summed E-state index contributed by atoms with van der Waals surface area (Å²) in [6.45, 7) is 0. The van der Waals surface area contributed by atoms with E-state index in [1.807, 2.05) is 0 Å². The highest BCUT2D eigenvalue weighted by Crippen LogP contribution is 2.38. The lowest BCUT2D eigenvalue weighted by Gasteiger charge is -2.21. The fourth-order valence-corrected chi connectivity index (χ4v) is 4.80. The van der Waals surface area contributed by atoms with Gasteiger partial charge in [-0.05, 0) is 54.8 Å². The third-order valence-electron chi connectivity index (χ3n) is 4.96. The van der Waals surface area contributed by atoms with Gasteiger partial charge in [0.1, 0.15) is 17.4 Å². The number of hydrazine groups is 1. The third kappa shape index (κ3) is 5.03. The molecule has 6 nitrogen and oxygen atoms in total. The molecule has 1 aliphatic heterocycles. The van der Waals surface area contributed by atoms with E-state index < -0.39 is 28.1 Å². The first-order chi connectivity index (χ1) is 13.1. The highest BCUT2D eigenvalue weighted by molar-refractivity contribution is 8.01. The highest BCUT2D eigenvalue weighted by Gasteiger charge is 2.37. The fourth-order valence-electron chi connectivity index (χ4n) is 3.51. The number of carbonyl (C=O) groups is 1. The molecule has 1 heterocycles. The van der Waals surface area contributed by atoms with Gasteiger partial charge in [0.05, 0.1) is 10.8 Å². The van der Waals surface area contributed by atoms with Gasteiger partial charge in [-0.15, -0.1) is 0 Å². The average molecular weight is 432 g/mol. The molecule has 10 heteroatoms. The van der Waals surface area contributed by atoms with Crippen molar-refractivity contribution in [1.82, 2.24) is 15.2 Å². The minimum absolute atomic E-state index is 0.0914. The van der Waals surface area contributed by atoms with E-state index in [2.05, 4.69) is 10.1 Å². The van der Waals surface area contributed by atoms with Crippen molar-refractivity contribution < 1.29 is 22.0 Å². The van der Waals surface area contributed by atoms with Crippen molar-refractivity contribution in [3.05, 3.63) is 41.1 Å². The summed E-state index contributed by atoms with van der Waals surface area (Å²) in [5.41, 5.74) is 0.618. The lowest BCUT2D eigenvalue weighted by molar-refractivity contribution is -0.122. The molecule has 1 fully saturated rings. The van der Waals surface area contributed by atoms with Crippen molar-refractivity contribution in [2.75, 3.05) is 13.3 Å². The first kappa shape index (κ1) is 21.1. The fraction of sp³-hybridized carbons (Fsp3) is 0.500. The zero-order valence-corrected chi connectivity index (χ0v) is 17.2. The number of benzene rings is 1. The van der Waals surface area contributed by atoms with Gasteiger partial charge in [0, 0.05) is 19.5 Å². The molecule has 0 saturated heterocycles. The Morgan fingerprint density at radius 1 is 1.29 bits per heavy atom. The minimum atomic E-state index is -3.35. The second-order valence-electron chi connectivity index (χ2n) is 7.29. The Balaban J connectivity index is 1.81. The summed E-state index contributed by atoms with van der Waals surface area (Å²) in [5, 5.41) is 5.13. The average Bonchev–Trinajstić information content (AvgIpc) is 3.17. The molecule has 1 aromatic rings. The molecule has 28 heavy (non-hydrogen) atoms. The topological polar surface area (TPSA) is 78.5 Å². The number of sulfone groups is 1. The number of alkyl halides is 2. The van der Waals surface area contributed by atoms with Gasteiger partial charge < -0.3 is 10.3 Å². The lowest BCUT2D eigenvalue weighted by Crippen LogP contribution is -2.29. The Morgan fingerprint density at radius 3 is 2.39 bits per heavy atom. The minimum Gasteiger partial charge on any atom is -0.318 e.